The lowest BCUT2D eigenvalue weighted by atomic mass is 9.81. The highest BCUT2D eigenvalue weighted by Gasteiger charge is 2.35. The number of aryl methyl sites for hydroxylation is 1. The summed E-state index contributed by atoms with van der Waals surface area (Å²) in [7, 11) is 0. The molecule has 1 aliphatic rings. The predicted molar refractivity (Wildman–Crippen MR) is 82.2 cm³/mol. The van der Waals surface area contributed by atoms with Crippen molar-refractivity contribution in [3.63, 3.8) is 0 Å². The zero-order valence-corrected chi connectivity index (χ0v) is 13.3. The van der Waals surface area contributed by atoms with Gasteiger partial charge in [0.15, 0.2) is 0 Å². The Kier molecular flexibility index (Phi) is 3.80. The minimum Gasteiger partial charge on any atom is -0.341 e. The summed E-state index contributed by atoms with van der Waals surface area (Å²) in [6.07, 6.45) is 7.50. The van der Waals surface area contributed by atoms with E-state index >= 15 is 0 Å². The molecule has 1 aliphatic heterocycles. The van der Waals surface area contributed by atoms with Gasteiger partial charge in [-0.2, -0.15) is 5.10 Å². The van der Waals surface area contributed by atoms with Crippen LogP contribution in [0.2, 0.25) is 0 Å². The average Bonchev–Trinajstić information content (AvgIpc) is 3.11. The lowest BCUT2D eigenvalue weighted by molar-refractivity contribution is -0.133. The van der Waals surface area contributed by atoms with E-state index in [4.69, 9.17) is 0 Å². The number of carbonyl (C=O) groups excluding carboxylic acids is 1. The van der Waals surface area contributed by atoms with Crippen molar-refractivity contribution in [2.75, 3.05) is 13.1 Å². The zero-order valence-electron chi connectivity index (χ0n) is 12.5. The summed E-state index contributed by atoms with van der Waals surface area (Å²) in [5, 5.41) is 7.40. The molecule has 0 N–H and O–H groups in total. The van der Waals surface area contributed by atoms with Crippen molar-refractivity contribution in [2.24, 2.45) is 0 Å². The fourth-order valence-electron chi connectivity index (χ4n) is 2.78. The normalized spacial score (nSPS) is 17.9. The quantitative estimate of drug-likeness (QED) is 0.874. The molecule has 0 aliphatic carbocycles. The highest BCUT2D eigenvalue weighted by atomic mass is 32.1. The van der Waals surface area contributed by atoms with Gasteiger partial charge in [-0.1, -0.05) is 6.92 Å². The summed E-state index contributed by atoms with van der Waals surface area (Å²) in [6, 6.07) is 0. The fraction of sp³-hybridized carbons (Fsp3) is 0.533. The maximum atomic E-state index is 12.3. The predicted octanol–water partition coefficient (Wildman–Crippen LogP) is 2.23. The molecule has 112 valence electrons. The third-order valence-corrected chi connectivity index (χ3v) is 5.31. The average molecular weight is 304 g/mol. The van der Waals surface area contributed by atoms with Crippen LogP contribution in [-0.2, 0) is 16.8 Å². The topological polar surface area (TPSA) is 51.0 Å². The summed E-state index contributed by atoms with van der Waals surface area (Å²) in [5.41, 5.74) is 1.20. The molecule has 6 heteroatoms. The third-order valence-electron chi connectivity index (χ3n) is 4.23. The van der Waals surface area contributed by atoms with Crippen molar-refractivity contribution in [3.8, 4) is 0 Å². The maximum absolute atomic E-state index is 12.3. The van der Waals surface area contributed by atoms with Crippen LogP contribution < -0.4 is 0 Å². The molecule has 5 nitrogen and oxygen atoms in total. The highest BCUT2D eigenvalue weighted by molar-refractivity contribution is 7.09. The largest absolute Gasteiger partial charge is 0.341 e. The molecule has 0 aromatic carbocycles. The van der Waals surface area contributed by atoms with E-state index in [2.05, 4.69) is 17.0 Å². The van der Waals surface area contributed by atoms with Gasteiger partial charge in [0.25, 0.3) is 0 Å². The van der Waals surface area contributed by atoms with Crippen molar-refractivity contribution in [1.82, 2.24) is 19.7 Å². The van der Waals surface area contributed by atoms with Crippen molar-refractivity contribution >= 4 is 17.2 Å². The van der Waals surface area contributed by atoms with Gasteiger partial charge >= 0.3 is 0 Å². The monoisotopic (exact) mass is 304 g/mol. The molecule has 0 unspecified atom stereocenters. The summed E-state index contributed by atoms with van der Waals surface area (Å²) in [6.45, 7) is 6.17. The number of piperidine rings is 1. The molecular formula is C15H20N4OS. The number of thiazole rings is 1. The Morgan fingerprint density at radius 3 is 2.76 bits per heavy atom. The van der Waals surface area contributed by atoms with Gasteiger partial charge in [-0.25, -0.2) is 4.98 Å². The number of nitrogens with zero attached hydrogens (tertiary/aromatic N) is 4. The second-order valence-corrected chi connectivity index (χ2v) is 6.89. The van der Waals surface area contributed by atoms with Gasteiger partial charge in [0.05, 0.1) is 11.2 Å². The van der Waals surface area contributed by atoms with Crippen molar-refractivity contribution in [1.29, 1.82) is 0 Å². The molecule has 0 spiro atoms. The molecule has 2 aromatic heterocycles. The van der Waals surface area contributed by atoms with E-state index in [0.29, 0.717) is 6.54 Å². The van der Waals surface area contributed by atoms with E-state index in [1.165, 1.54) is 5.01 Å². The molecule has 0 bridgehead atoms. The van der Waals surface area contributed by atoms with Gasteiger partial charge < -0.3 is 4.90 Å². The van der Waals surface area contributed by atoms with Crippen molar-refractivity contribution in [3.05, 3.63) is 34.5 Å². The SMILES string of the molecule is Cc1cnn(CC(=O)N2CCC(C)(c3nccs3)CC2)c1. The smallest absolute Gasteiger partial charge is 0.244 e. The van der Waals surface area contributed by atoms with Crippen LogP contribution in [0.15, 0.2) is 24.0 Å². The van der Waals surface area contributed by atoms with E-state index < -0.39 is 0 Å². The molecular weight excluding hydrogens is 284 g/mol. The van der Waals surface area contributed by atoms with Gasteiger partial charge in [-0.3, -0.25) is 9.48 Å². The molecule has 1 amide bonds. The van der Waals surface area contributed by atoms with Crippen molar-refractivity contribution in [2.45, 2.75) is 38.6 Å². The van der Waals surface area contributed by atoms with Crippen LogP contribution in [0.1, 0.15) is 30.3 Å². The Morgan fingerprint density at radius 2 is 2.19 bits per heavy atom. The lowest BCUT2D eigenvalue weighted by Crippen LogP contribution is -2.45. The first-order chi connectivity index (χ1) is 10.1. The fourth-order valence-corrected chi connectivity index (χ4v) is 3.64. The van der Waals surface area contributed by atoms with Crippen LogP contribution in [0.3, 0.4) is 0 Å². The van der Waals surface area contributed by atoms with Gasteiger partial charge in [0.2, 0.25) is 5.91 Å². The van der Waals surface area contributed by atoms with Crippen molar-refractivity contribution < 1.29 is 4.79 Å². The summed E-state index contributed by atoms with van der Waals surface area (Å²) >= 11 is 1.71. The van der Waals surface area contributed by atoms with Crippen LogP contribution in [0, 0.1) is 6.92 Å². The molecule has 1 saturated heterocycles. The number of amides is 1. The molecule has 0 radical (unpaired) electrons. The molecule has 21 heavy (non-hydrogen) atoms. The molecule has 3 heterocycles. The minimum absolute atomic E-state index is 0.118. The number of rotatable bonds is 3. The van der Waals surface area contributed by atoms with Gasteiger partial charge in [-0.05, 0) is 25.3 Å². The zero-order chi connectivity index (χ0) is 14.9. The third kappa shape index (κ3) is 3.00. The summed E-state index contributed by atoms with van der Waals surface area (Å²) < 4.78 is 1.71. The highest BCUT2D eigenvalue weighted by Crippen LogP contribution is 2.36. The molecule has 3 rings (SSSR count). The second-order valence-electron chi connectivity index (χ2n) is 5.99. The van der Waals surface area contributed by atoms with E-state index in [1.54, 1.807) is 22.2 Å². The van der Waals surface area contributed by atoms with Gasteiger partial charge in [0, 0.05) is 36.3 Å². The van der Waals surface area contributed by atoms with Crippen LogP contribution >= 0.6 is 11.3 Å². The first-order valence-electron chi connectivity index (χ1n) is 7.24. The Balaban J connectivity index is 1.59. The molecule has 2 aromatic rings. The van der Waals surface area contributed by atoms with E-state index in [9.17, 15) is 4.79 Å². The van der Waals surface area contributed by atoms with Crippen LogP contribution in [0.4, 0.5) is 0 Å². The van der Waals surface area contributed by atoms with Gasteiger partial charge in [-0.15, -0.1) is 11.3 Å². The van der Waals surface area contributed by atoms with Crippen LogP contribution in [0.25, 0.3) is 0 Å². The Labute approximate surface area is 128 Å². The van der Waals surface area contributed by atoms with Crippen LogP contribution in [-0.4, -0.2) is 38.7 Å². The van der Waals surface area contributed by atoms with E-state index in [0.717, 1.165) is 31.5 Å². The first kappa shape index (κ1) is 14.3. The minimum atomic E-state index is 0.118. The second kappa shape index (κ2) is 5.60. The molecule has 0 saturated carbocycles. The Bertz CT molecular complexity index is 611. The number of likely N-dealkylation sites (tertiary alicyclic amines) is 1. The maximum Gasteiger partial charge on any atom is 0.244 e. The van der Waals surface area contributed by atoms with E-state index in [1.807, 2.05) is 29.6 Å². The molecule has 1 fully saturated rings. The lowest BCUT2D eigenvalue weighted by Gasteiger charge is -2.38. The van der Waals surface area contributed by atoms with Gasteiger partial charge in [0.1, 0.15) is 6.54 Å². The summed E-state index contributed by atoms with van der Waals surface area (Å²) in [4.78, 5) is 18.7. The number of hydrogen-bond acceptors (Lipinski definition) is 4. The molecule has 0 atom stereocenters. The number of aromatic nitrogens is 3. The Hall–Kier alpha value is -1.69. The first-order valence-corrected chi connectivity index (χ1v) is 8.12. The Morgan fingerprint density at radius 1 is 1.43 bits per heavy atom. The number of hydrogen-bond donors (Lipinski definition) is 0. The standard InChI is InChI=1S/C15H20N4OS/c1-12-9-17-19(10-12)11-13(20)18-6-3-15(2,4-7-18)14-16-5-8-21-14/h5,8-10H,3-4,6-7,11H2,1-2H3. The van der Waals surface area contributed by atoms with Crippen LogP contribution in [0.5, 0.6) is 0 Å². The number of carbonyl (C=O) groups is 1. The van der Waals surface area contributed by atoms with E-state index in [-0.39, 0.29) is 11.3 Å². The summed E-state index contributed by atoms with van der Waals surface area (Å²) in [5.74, 6) is 0.152.